The fourth-order valence-corrected chi connectivity index (χ4v) is 7.65. The highest BCUT2D eigenvalue weighted by Crippen LogP contribution is 2.43. The average molecular weight is 811 g/mol. The maximum absolute atomic E-state index is 13.4. The number of fused-ring (bicyclic) bond motifs is 6. The zero-order valence-corrected chi connectivity index (χ0v) is 33.4. The van der Waals surface area contributed by atoms with E-state index < -0.39 is 21.7 Å². The molecule has 0 unspecified atom stereocenters. The lowest BCUT2D eigenvalue weighted by atomic mass is 10.0. The normalized spacial score (nSPS) is 11.8. The molecule has 2 amide bonds. The van der Waals surface area contributed by atoms with Gasteiger partial charge in [-0.05, 0) is 100 Å². The number of nitrogens with zero attached hydrogens (tertiary/aromatic N) is 1. The lowest BCUT2D eigenvalue weighted by Crippen LogP contribution is -2.18. The predicted octanol–water partition coefficient (Wildman–Crippen LogP) is 9.02. The van der Waals surface area contributed by atoms with Crippen molar-refractivity contribution in [3.63, 3.8) is 0 Å². The number of benzene rings is 4. The molecule has 0 fully saturated rings. The topological polar surface area (TPSA) is 158 Å². The van der Waals surface area contributed by atoms with Crippen LogP contribution in [0.3, 0.4) is 0 Å². The van der Waals surface area contributed by atoms with Gasteiger partial charge in [0.2, 0.25) is 10.0 Å². The summed E-state index contributed by atoms with van der Waals surface area (Å²) in [5.74, 6) is 0.171. The number of carbonyl (C=O) groups excluding carboxylic acids is 2. The molecule has 0 bridgehead atoms. The van der Waals surface area contributed by atoms with Gasteiger partial charge in [-0.25, -0.2) is 21.2 Å². The zero-order chi connectivity index (χ0) is 41.6. The van der Waals surface area contributed by atoms with E-state index in [1.807, 2.05) is 39.8 Å². The van der Waals surface area contributed by atoms with E-state index in [1.54, 1.807) is 37.5 Å². The van der Waals surface area contributed by atoms with E-state index in [2.05, 4.69) is 15.6 Å². The number of H-pyrrole nitrogens is 1. The van der Waals surface area contributed by atoms with Gasteiger partial charge in [-0.3, -0.25) is 9.59 Å². The second kappa shape index (κ2) is 15.4. The van der Waals surface area contributed by atoms with Crippen molar-refractivity contribution >= 4 is 65.6 Å². The van der Waals surface area contributed by atoms with Crippen molar-refractivity contribution < 1.29 is 45.1 Å². The minimum atomic E-state index is -3.62. The van der Waals surface area contributed by atoms with Crippen molar-refractivity contribution in [2.24, 2.45) is 0 Å². The molecule has 4 aromatic heterocycles. The Balaban J connectivity index is 0.000000178. The third kappa shape index (κ3) is 7.24. The molecule has 0 saturated heterocycles. The number of aromatic amines is 1. The molecule has 0 aliphatic heterocycles. The summed E-state index contributed by atoms with van der Waals surface area (Å²) < 4.78 is 76.7. The number of rotatable bonds is 9. The number of aromatic nitrogens is 2. The van der Waals surface area contributed by atoms with Crippen molar-refractivity contribution in [3.05, 3.63) is 108 Å². The van der Waals surface area contributed by atoms with Gasteiger partial charge in [-0.1, -0.05) is 0 Å². The highest BCUT2D eigenvalue weighted by atomic mass is 32.2. The van der Waals surface area contributed by atoms with Gasteiger partial charge in [-0.2, -0.15) is 0 Å². The Labute approximate surface area is 331 Å². The monoisotopic (exact) mass is 810 g/mol. The van der Waals surface area contributed by atoms with Crippen molar-refractivity contribution in [2.45, 2.75) is 39.9 Å². The van der Waals surface area contributed by atoms with Gasteiger partial charge in [0.15, 0.2) is 0 Å². The first-order chi connectivity index (χ1) is 27.6. The largest absolute Gasteiger partial charge is 0.489 e. The Kier molecular flexibility index (Phi) is 10.5. The third-order valence-electron chi connectivity index (χ3n) is 9.21. The van der Waals surface area contributed by atoms with Gasteiger partial charge in [0.05, 0.1) is 35.1 Å². The lowest BCUT2D eigenvalue weighted by Gasteiger charge is -2.13. The molecule has 12 nitrogen and oxygen atoms in total. The molecule has 15 heteroatoms. The minimum absolute atomic E-state index is 0.0270. The first kappa shape index (κ1) is 39.6. The molecule has 58 heavy (non-hydrogen) atoms. The van der Waals surface area contributed by atoms with Crippen LogP contribution in [-0.2, 0) is 10.0 Å². The van der Waals surface area contributed by atoms with Gasteiger partial charge in [0, 0.05) is 59.2 Å². The van der Waals surface area contributed by atoms with Gasteiger partial charge in [0.1, 0.15) is 51.3 Å². The Morgan fingerprint density at radius 3 is 1.62 bits per heavy atom. The number of halogens is 2. The quantitative estimate of drug-likeness (QED) is 0.130. The van der Waals surface area contributed by atoms with Crippen LogP contribution in [0.1, 0.15) is 48.4 Å². The molecule has 4 heterocycles. The molecule has 0 aliphatic carbocycles. The summed E-state index contributed by atoms with van der Waals surface area (Å²) in [5, 5.41) is 7.69. The van der Waals surface area contributed by atoms with Gasteiger partial charge < -0.3 is 33.9 Å². The summed E-state index contributed by atoms with van der Waals surface area (Å²) in [6.07, 6.45) is 4.05. The molecule has 0 aliphatic rings. The fraction of sp³-hybridized carbons (Fsp3) is 0.209. The molecular formula is C43H40F2N4O8S. The molecule has 3 N–H and O–H groups in total. The number of nitrogens with one attached hydrogen (secondary N) is 3. The summed E-state index contributed by atoms with van der Waals surface area (Å²) in [5.41, 5.74) is 3.85. The molecule has 4 aromatic carbocycles. The van der Waals surface area contributed by atoms with Crippen LogP contribution < -0.4 is 20.1 Å². The fourth-order valence-electron chi connectivity index (χ4n) is 6.84. The second-order valence-corrected chi connectivity index (χ2v) is 15.9. The van der Waals surface area contributed by atoms with Crippen molar-refractivity contribution in [1.82, 2.24) is 19.6 Å². The molecule has 0 radical (unpaired) electrons. The SMILES string of the molecule is CNC(=O)c1c(-c2ccc(F)cc2)oc2c1cc(OC(C)C)c1[nH]ccc12.CNC(=O)c1c(-c2ccc(F)cc2)oc2c1cc(OC(C)C)c1c2ccn1S(C)(=O)=O. The summed E-state index contributed by atoms with van der Waals surface area (Å²) in [7, 11) is -0.555. The summed E-state index contributed by atoms with van der Waals surface area (Å²) in [4.78, 5) is 28.6. The highest BCUT2D eigenvalue weighted by Gasteiger charge is 2.28. The van der Waals surface area contributed by atoms with E-state index in [1.165, 1.54) is 49.6 Å². The standard InChI is InChI=1S/C22H21FN2O5S.C21H19FN2O3/c1-12(2)29-17-11-16-18(22(26)24-3)20(13-5-7-14(23)8-6-13)30-21(16)15-9-10-25(19(15)17)31(4,27)28;1-11(2)26-16-10-15-17(21(25)23-3)19(12-4-6-13(22)7-5-12)27-20(15)14-8-9-24-18(14)16/h5-12H,1-4H3,(H,24,26);4-11,24H,1-3H3,(H,23,25). The maximum Gasteiger partial charge on any atom is 0.255 e. The van der Waals surface area contributed by atoms with Gasteiger partial charge >= 0.3 is 0 Å². The van der Waals surface area contributed by atoms with Crippen molar-refractivity contribution in [2.75, 3.05) is 20.4 Å². The molecule has 0 saturated carbocycles. The van der Waals surface area contributed by atoms with Crippen LogP contribution in [0, 0.1) is 11.6 Å². The smallest absolute Gasteiger partial charge is 0.255 e. The summed E-state index contributed by atoms with van der Waals surface area (Å²) in [6.45, 7) is 7.53. The first-order valence-corrected chi connectivity index (χ1v) is 20.1. The number of furan rings is 2. The van der Waals surface area contributed by atoms with Gasteiger partial charge in [0.25, 0.3) is 11.8 Å². The van der Waals surface area contributed by atoms with Crippen LogP contribution in [0.5, 0.6) is 11.5 Å². The van der Waals surface area contributed by atoms with Crippen LogP contribution in [0.25, 0.3) is 66.4 Å². The van der Waals surface area contributed by atoms with E-state index in [4.69, 9.17) is 18.3 Å². The van der Waals surface area contributed by atoms with E-state index in [9.17, 15) is 26.8 Å². The Morgan fingerprint density at radius 2 is 1.16 bits per heavy atom. The first-order valence-electron chi connectivity index (χ1n) is 18.3. The molecule has 8 rings (SSSR count). The molecule has 0 spiro atoms. The Hall–Kier alpha value is -6.61. The molecular weight excluding hydrogens is 771 g/mol. The second-order valence-electron chi connectivity index (χ2n) is 14.0. The Morgan fingerprint density at radius 1 is 0.690 bits per heavy atom. The van der Waals surface area contributed by atoms with Crippen LogP contribution in [0.15, 0.2) is 94.0 Å². The van der Waals surface area contributed by atoms with Crippen LogP contribution in [0.4, 0.5) is 8.78 Å². The maximum atomic E-state index is 13.4. The number of hydrogen-bond acceptors (Lipinski definition) is 8. The molecule has 300 valence electrons. The van der Waals surface area contributed by atoms with E-state index in [0.29, 0.717) is 66.8 Å². The molecule has 8 aromatic rings. The third-order valence-corrected chi connectivity index (χ3v) is 10.2. The number of hydrogen-bond donors (Lipinski definition) is 3. The number of carbonyl (C=O) groups is 2. The van der Waals surface area contributed by atoms with Crippen molar-refractivity contribution in [1.29, 1.82) is 0 Å². The number of ether oxygens (including phenoxy) is 2. The van der Waals surface area contributed by atoms with Crippen molar-refractivity contribution in [3.8, 4) is 34.1 Å². The van der Waals surface area contributed by atoms with E-state index in [-0.39, 0.29) is 35.3 Å². The Bertz CT molecular complexity index is 2960. The summed E-state index contributed by atoms with van der Waals surface area (Å²) >= 11 is 0. The summed E-state index contributed by atoms with van der Waals surface area (Å²) in [6, 6.07) is 18.4. The predicted molar refractivity (Wildman–Crippen MR) is 219 cm³/mol. The zero-order valence-electron chi connectivity index (χ0n) is 32.6. The van der Waals surface area contributed by atoms with Crippen LogP contribution in [0.2, 0.25) is 0 Å². The number of amides is 2. The van der Waals surface area contributed by atoms with Crippen LogP contribution >= 0.6 is 0 Å². The van der Waals surface area contributed by atoms with E-state index in [0.717, 1.165) is 21.1 Å². The minimum Gasteiger partial charge on any atom is -0.489 e. The lowest BCUT2D eigenvalue weighted by molar-refractivity contribution is 0.0956. The van der Waals surface area contributed by atoms with Gasteiger partial charge in [-0.15, -0.1) is 0 Å². The average Bonchev–Trinajstić information content (AvgIpc) is 3.98. The molecule has 0 atom stereocenters. The van der Waals surface area contributed by atoms with Crippen LogP contribution in [-0.4, -0.2) is 61.7 Å². The highest BCUT2D eigenvalue weighted by molar-refractivity contribution is 7.89. The van der Waals surface area contributed by atoms with E-state index >= 15 is 0 Å².